The van der Waals surface area contributed by atoms with Gasteiger partial charge in [-0.3, -0.25) is 14.5 Å². The molecule has 1 N–H and O–H groups in total. The Morgan fingerprint density at radius 3 is 2.33 bits per heavy atom. The van der Waals surface area contributed by atoms with Crippen LogP contribution in [0.25, 0.3) is 0 Å². The van der Waals surface area contributed by atoms with Gasteiger partial charge in [-0.15, -0.1) is 0 Å². The SMILES string of the molecule is CN1CCN(Cc2ccccc2CNC(=O)[C@@H]2CCCN2C(=O)c2cc(Cl)cc(Cl)c2)CC1. The van der Waals surface area contributed by atoms with E-state index in [0.717, 1.165) is 44.7 Å². The lowest BCUT2D eigenvalue weighted by Gasteiger charge is -2.32. The van der Waals surface area contributed by atoms with Gasteiger partial charge in [0.05, 0.1) is 0 Å². The van der Waals surface area contributed by atoms with Crippen molar-refractivity contribution in [2.75, 3.05) is 39.8 Å². The number of benzene rings is 2. The molecule has 0 aromatic heterocycles. The molecule has 2 aliphatic rings. The standard InChI is InChI=1S/C25H30Cl2N4O2/c1-29-9-11-30(12-10-29)17-19-6-3-2-5-18(19)16-28-24(32)23-7-4-8-31(23)25(33)20-13-21(26)15-22(27)14-20/h2-3,5-6,13-15,23H,4,7-12,16-17H2,1H3,(H,28,32)/t23-/m0/s1. The first kappa shape index (κ1) is 24.0. The molecular formula is C25H30Cl2N4O2. The molecule has 2 heterocycles. The second-order valence-corrected chi connectivity index (χ2v) is 9.75. The van der Waals surface area contributed by atoms with Crippen molar-refractivity contribution >= 4 is 35.0 Å². The molecule has 8 heteroatoms. The van der Waals surface area contributed by atoms with E-state index in [2.05, 4.69) is 34.3 Å². The van der Waals surface area contributed by atoms with Crippen molar-refractivity contribution in [2.24, 2.45) is 0 Å². The maximum atomic E-state index is 13.1. The number of piperazine rings is 1. The number of carbonyl (C=O) groups excluding carboxylic acids is 2. The number of hydrogen-bond acceptors (Lipinski definition) is 4. The third-order valence-corrected chi connectivity index (χ3v) is 6.92. The molecule has 2 saturated heterocycles. The zero-order valence-electron chi connectivity index (χ0n) is 18.9. The van der Waals surface area contributed by atoms with Crippen molar-refractivity contribution < 1.29 is 9.59 Å². The Bertz CT molecular complexity index is 987. The van der Waals surface area contributed by atoms with Crippen molar-refractivity contribution in [2.45, 2.75) is 32.0 Å². The van der Waals surface area contributed by atoms with E-state index in [9.17, 15) is 9.59 Å². The lowest BCUT2D eigenvalue weighted by molar-refractivity contribution is -0.125. The second-order valence-electron chi connectivity index (χ2n) is 8.88. The molecule has 33 heavy (non-hydrogen) atoms. The van der Waals surface area contributed by atoms with Gasteiger partial charge in [0.15, 0.2) is 0 Å². The summed E-state index contributed by atoms with van der Waals surface area (Å²) in [7, 11) is 2.15. The van der Waals surface area contributed by atoms with Gasteiger partial charge in [-0.1, -0.05) is 47.5 Å². The Balaban J connectivity index is 1.39. The van der Waals surface area contributed by atoms with Crippen LogP contribution in [-0.2, 0) is 17.9 Å². The maximum absolute atomic E-state index is 13.1. The summed E-state index contributed by atoms with van der Waals surface area (Å²) in [4.78, 5) is 32.5. The third kappa shape index (κ3) is 6.07. The predicted molar refractivity (Wildman–Crippen MR) is 132 cm³/mol. The number of nitrogens with one attached hydrogen (secondary N) is 1. The molecule has 1 atom stereocenters. The number of halogens is 2. The van der Waals surface area contributed by atoms with Gasteiger partial charge in [-0.05, 0) is 49.2 Å². The van der Waals surface area contributed by atoms with E-state index >= 15 is 0 Å². The van der Waals surface area contributed by atoms with Gasteiger partial charge in [0.2, 0.25) is 5.91 Å². The van der Waals surface area contributed by atoms with Crippen LogP contribution in [0.15, 0.2) is 42.5 Å². The zero-order valence-corrected chi connectivity index (χ0v) is 20.4. The van der Waals surface area contributed by atoms with Crippen LogP contribution in [0, 0.1) is 0 Å². The van der Waals surface area contributed by atoms with Gasteiger partial charge in [-0.2, -0.15) is 0 Å². The summed E-state index contributed by atoms with van der Waals surface area (Å²) in [6.45, 7) is 6.10. The predicted octanol–water partition coefficient (Wildman–Crippen LogP) is 3.66. The minimum atomic E-state index is -0.486. The minimum Gasteiger partial charge on any atom is -0.350 e. The number of amides is 2. The van der Waals surface area contributed by atoms with Crippen LogP contribution in [-0.4, -0.2) is 72.3 Å². The van der Waals surface area contributed by atoms with Gasteiger partial charge < -0.3 is 15.1 Å². The normalized spacial score (nSPS) is 19.6. The van der Waals surface area contributed by atoms with Crippen LogP contribution in [0.5, 0.6) is 0 Å². The van der Waals surface area contributed by atoms with Crippen LogP contribution < -0.4 is 5.32 Å². The van der Waals surface area contributed by atoms with Crippen LogP contribution in [0.1, 0.15) is 34.3 Å². The monoisotopic (exact) mass is 488 g/mol. The van der Waals surface area contributed by atoms with Crippen molar-refractivity contribution in [3.63, 3.8) is 0 Å². The second kappa shape index (κ2) is 10.9. The molecule has 2 fully saturated rings. The molecular weight excluding hydrogens is 459 g/mol. The molecule has 2 aromatic carbocycles. The van der Waals surface area contributed by atoms with Gasteiger partial charge in [-0.25, -0.2) is 0 Å². The number of carbonyl (C=O) groups is 2. The largest absolute Gasteiger partial charge is 0.350 e. The lowest BCUT2D eigenvalue weighted by atomic mass is 10.1. The Morgan fingerprint density at radius 1 is 0.970 bits per heavy atom. The lowest BCUT2D eigenvalue weighted by Crippen LogP contribution is -2.46. The molecule has 2 amide bonds. The van der Waals surface area contributed by atoms with E-state index < -0.39 is 6.04 Å². The highest BCUT2D eigenvalue weighted by Crippen LogP contribution is 2.25. The van der Waals surface area contributed by atoms with Crippen molar-refractivity contribution in [3.8, 4) is 0 Å². The Labute approximate surface area is 205 Å². The minimum absolute atomic E-state index is 0.122. The van der Waals surface area contributed by atoms with Crippen LogP contribution in [0.4, 0.5) is 0 Å². The highest BCUT2D eigenvalue weighted by atomic mass is 35.5. The molecule has 2 aromatic rings. The van der Waals surface area contributed by atoms with Gasteiger partial charge in [0.25, 0.3) is 5.91 Å². The quantitative estimate of drug-likeness (QED) is 0.673. The number of rotatable bonds is 6. The number of hydrogen-bond donors (Lipinski definition) is 1. The Hall–Kier alpha value is -2.12. The van der Waals surface area contributed by atoms with Crippen LogP contribution >= 0.6 is 23.2 Å². The fraction of sp³-hybridized carbons (Fsp3) is 0.440. The van der Waals surface area contributed by atoms with E-state index in [4.69, 9.17) is 23.2 Å². The van der Waals surface area contributed by atoms with Gasteiger partial charge in [0, 0.05) is 61.4 Å². The average molecular weight is 489 g/mol. The topological polar surface area (TPSA) is 55.9 Å². The molecule has 0 spiro atoms. The number of likely N-dealkylation sites (N-methyl/N-ethyl adjacent to an activating group) is 1. The first-order valence-electron chi connectivity index (χ1n) is 11.4. The molecule has 0 bridgehead atoms. The fourth-order valence-corrected chi connectivity index (χ4v) is 5.08. The summed E-state index contributed by atoms with van der Waals surface area (Å²) in [5.74, 6) is -0.337. The van der Waals surface area contributed by atoms with Crippen LogP contribution in [0.2, 0.25) is 10.0 Å². The highest BCUT2D eigenvalue weighted by molar-refractivity contribution is 6.35. The molecule has 0 unspecified atom stereocenters. The fourth-order valence-electron chi connectivity index (χ4n) is 4.56. The third-order valence-electron chi connectivity index (χ3n) is 6.49. The van der Waals surface area contributed by atoms with Crippen molar-refractivity contribution in [1.29, 1.82) is 0 Å². The molecule has 0 aliphatic carbocycles. The first-order chi connectivity index (χ1) is 15.9. The molecule has 4 rings (SSSR count). The smallest absolute Gasteiger partial charge is 0.254 e. The number of nitrogens with zero attached hydrogens (tertiary/aromatic N) is 3. The van der Waals surface area contributed by atoms with Gasteiger partial charge >= 0.3 is 0 Å². The van der Waals surface area contributed by atoms with E-state index in [1.165, 1.54) is 5.56 Å². The first-order valence-corrected chi connectivity index (χ1v) is 12.2. The molecule has 6 nitrogen and oxygen atoms in total. The van der Waals surface area contributed by atoms with E-state index in [1.54, 1.807) is 23.1 Å². The summed E-state index contributed by atoms with van der Waals surface area (Å²) in [6, 6.07) is 12.5. The summed E-state index contributed by atoms with van der Waals surface area (Å²) in [6.07, 6.45) is 1.44. The molecule has 2 aliphatic heterocycles. The van der Waals surface area contributed by atoms with Crippen molar-refractivity contribution in [1.82, 2.24) is 20.0 Å². The summed E-state index contributed by atoms with van der Waals surface area (Å²) in [5, 5.41) is 3.88. The molecule has 0 saturated carbocycles. The summed E-state index contributed by atoms with van der Waals surface area (Å²) >= 11 is 12.1. The zero-order chi connectivity index (χ0) is 23.4. The van der Waals surface area contributed by atoms with Crippen molar-refractivity contribution in [3.05, 3.63) is 69.2 Å². The van der Waals surface area contributed by atoms with E-state index in [1.807, 2.05) is 12.1 Å². The van der Waals surface area contributed by atoms with E-state index in [0.29, 0.717) is 35.1 Å². The van der Waals surface area contributed by atoms with Crippen LogP contribution in [0.3, 0.4) is 0 Å². The van der Waals surface area contributed by atoms with E-state index in [-0.39, 0.29) is 11.8 Å². The molecule has 176 valence electrons. The summed E-state index contributed by atoms with van der Waals surface area (Å²) < 4.78 is 0. The molecule has 0 radical (unpaired) electrons. The number of likely N-dealkylation sites (tertiary alicyclic amines) is 1. The summed E-state index contributed by atoms with van der Waals surface area (Å²) in [5.41, 5.74) is 2.75. The Kier molecular flexibility index (Phi) is 7.91. The maximum Gasteiger partial charge on any atom is 0.254 e. The highest BCUT2D eigenvalue weighted by Gasteiger charge is 2.34. The Morgan fingerprint density at radius 2 is 1.64 bits per heavy atom. The van der Waals surface area contributed by atoms with Gasteiger partial charge in [0.1, 0.15) is 6.04 Å². The average Bonchev–Trinajstić information content (AvgIpc) is 3.29.